The van der Waals surface area contributed by atoms with Gasteiger partial charge in [0.2, 0.25) is 6.79 Å². The minimum absolute atomic E-state index is 0.233. The molecule has 1 amide bonds. The number of carbonyl (C=O) groups excluding carboxylic acids is 1. The van der Waals surface area contributed by atoms with Crippen LogP contribution in [0.25, 0.3) is 0 Å². The van der Waals surface area contributed by atoms with Crippen molar-refractivity contribution in [2.75, 3.05) is 33.0 Å². The summed E-state index contributed by atoms with van der Waals surface area (Å²) >= 11 is 1.73. The van der Waals surface area contributed by atoms with Crippen LogP contribution in [0.4, 0.5) is 0 Å². The standard InChI is InChI=1S/C21H24N2O3S/c24-21(20-12-16-3-1-2-4-19(16)27-20)23-9-7-22(8-10-23)13-15-5-6-17-18(11-15)26-14-25-17/h5-6,11-12H,1-4,7-10,13-14H2/p+1. The lowest BCUT2D eigenvalue weighted by atomic mass is 9.99. The van der Waals surface area contributed by atoms with Crippen molar-refractivity contribution in [3.8, 4) is 11.5 Å². The zero-order valence-electron chi connectivity index (χ0n) is 15.5. The molecule has 2 aromatic rings. The van der Waals surface area contributed by atoms with Gasteiger partial charge in [0.1, 0.15) is 6.54 Å². The van der Waals surface area contributed by atoms with Crippen molar-refractivity contribution in [3.63, 3.8) is 0 Å². The highest BCUT2D eigenvalue weighted by Gasteiger charge is 2.27. The van der Waals surface area contributed by atoms with E-state index < -0.39 is 0 Å². The zero-order valence-corrected chi connectivity index (χ0v) is 16.3. The maximum Gasteiger partial charge on any atom is 0.264 e. The average Bonchev–Trinajstić information content (AvgIpc) is 3.34. The molecule has 5 rings (SSSR count). The highest BCUT2D eigenvalue weighted by Crippen LogP contribution is 2.32. The third kappa shape index (κ3) is 3.44. The van der Waals surface area contributed by atoms with Gasteiger partial charge in [-0.25, -0.2) is 0 Å². The predicted octanol–water partition coefficient (Wildman–Crippen LogP) is 1.90. The molecule has 3 aliphatic rings. The monoisotopic (exact) mass is 385 g/mol. The van der Waals surface area contributed by atoms with Gasteiger partial charge in [0.25, 0.3) is 5.91 Å². The molecule has 1 fully saturated rings. The highest BCUT2D eigenvalue weighted by molar-refractivity contribution is 7.14. The number of nitrogens with zero attached hydrogens (tertiary/aromatic N) is 1. The second-order valence-electron chi connectivity index (χ2n) is 7.67. The van der Waals surface area contributed by atoms with Crippen molar-refractivity contribution >= 4 is 17.2 Å². The molecule has 1 N–H and O–H groups in total. The molecule has 0 saturated carbocycles. The van der Waals surface area contributed by atoms with Crippen LogP contribution in [-0.4, -0.2) is 43.8 Å². The maximum absolute atomic E-state index is 12.9. The summed E-state index contributed by atoms with van der Waals surface area (Å²) < 4.78 is 10.9. The SMILES string of the molecule is O=C(c1cc2c(s1)CCCC2)N1CC[NH+](Cc2ccc3c(c2)OCO3)CC1. The van der Waals surface area contributed by atoms with E-state index in [2.05, 4.69) is 18.2 Å². The lowest BCUT2D eigenvalue weighted by molar-refractivity contribution is -0.917. The molecular formula is C21H25N2O3S+. The second-order valence-corrected chi connectivity index (χ2v) is 8.81. The molecule has 2 aliphatic heterocycles. The minimum Gasteiger partial charge on any atom is -0.454 e. The predicted molar refractivity (Wildman–Crippen MR) is 104 cm³/mol. The van der Waals surface area contributed by atoms with E-state index in [0.717, 1.165) is 61.9 Å². The van der Waals surface area contributed by atoms with Crippen LogP contribution in [-0.2, 0) is 19.4 Å². The number of rotatable bonds is 3. The number of hydrogen-bond acceptors (Lipinski definition) is 4. The van der Waals surface area contributed by atoms with Gasteiger partial charge in [-0.15, -0.1) is 11.3 Å². The van der Waals surface area contributed by atoms with Crippen LogP contribution in [0.1, 0.15) is 38.5 Å². The Hall–Kier alpha value is -2.05. The van der Waals surface area contributed by atoms with Crippen LogP contribution < -0.4 is 14.4 Å². The van der Waals surface area contributed by atoms with Crippen molar-refractivity contribution in [2.24, 2.45) is 0 Å². The van der Waals surface area contributed by atoms with Gasteiger partial charge in [-0.05, 0) is 55.5 Å². The number of aryl methyl sites for hydroxylation is 2. The van der Waals surface area contributed by atoms with Crippen molar-refractivity contribution < 1.29 is 19.2 Å². The number of hydrogen-bond donors (Lipinski definition) is 1. The Morgan fingerprint density at radius 3 is 2.74 bits per heavy atom. The number of benzene rings is 1. The Labute approximate surface area is 163 Å². The molecule has 0 atom stereocenters. The molecule has 0 spiro atoms. The highest BCUT2D eigenvalue weighted by atomic mass is 32.1. The van der Waals surface area contributed by atoms with E-state index in [0.29, 0.717) is 6.79 Å². The van der Waals surface area contributed by atoms with E-state index in [1.54, 1.807) is 11.3 Å². The number of fused-ring (bicyclic) bond motifs is 2. The molecule has 1 saturated heterocycles. The van der Waals surface area contributed by atoms with Crippen LogP contribution >= 0.6 is 11.3 Å². The first kappa shape index (κ1) is 17.1. The Kier molecular flexibility index (Phi) is 4.53. The minimum atomic E-state index is 0.233. The van der Waals surface area contributed by atoms with E-state index in [4.69, 9.17) is 9.47 Å². The number of amides is 1. The fourth-order valence-electron chi connectivity index (χ4n) is 4.29. The number of nitrogens with one attached hydrogen (secondary N) is 1. The summed E-state index contributed by atoms with van der Waals surface area (Å²) in [6, 6.07) is 8.36. The van der Waals surface area contributed by atoms with Gasteiger partial charge in [0.05, 0.1) is 31.1 Å². The van der Waals surface area contributed by atoms with Crippen LogP contribution in [0.3, 0.4) is 0 Å². The molecule has 0 radical (unpaired) electrons. The molecule has 0 unspecified atom stereocenters. The van der Waals surface area contributed by atoms with Gasteiger partial charge in [-0.2, -0.15) is 0 Å². The molecule has 3 heterocycles. The van der Waals surface area contributed by atoms with Crippen molar-refractivity contribution in [1.82, 2.24) is 4.90 Å². The fourth-order valence-corrected chi connectivity index (χ4v) is 5.52. The number of thiophene rings is 1. The first-order valence-electron chi connectivity index (χ1n) is 9.89. The third-order valence-corrected chi connectivity index (χ3v) is 7.08. The van der Waals surface area contributed by atoms with E-state index in [1.165, 1.54) is 33.7 Å². The summed E-state index contributed by atoms with van der Waals surface area (Å²) in [5.74, 6) is 1.92. The van der Waals surface area contributed by atoms with Crippen LogP contribution in [0.2, 0.25) is 0 Å². The van der Waals surface area contributed by atoms with Gasteiger partial charge >= 0.3 is 0 Å². The van der Waals surface area contributed by atoms with Crippen LogP contribution in [0.5, 0.6) is 11.5 Å². The van der Waals surface area contributed by atoms with Crippen molar-refractivity contribution in [1.29, 1.82) is 0 Å². The second kappa shape index (κ2) is 7.17. The summed E-state index contributed by atoms with van der Waals surface area (Å²) in [5, 5.41) is 0. The van der Waals surface area contributed by atoms with E-state index in [9.17, 15) is 4.79 Å². The Morgan fingerprint density at radius 2 is 1.89 bits per heavy atom. The van der Waals surface area contributed by atoms with Crippen molar-refractivity contribution in [3.05, 3.63) is 45.1 Å². The molecule has 142 valence electrons. The summed E-state index contributed by atoms with van der Waals surface area (Å²) in [7, 11) is 0. The van der Waals surface area contributed by atoms with E-state index >= 15 is 0 Å². The van der Waals surface area contributed by atoms with Crippen LogP contribution in [0, 0.1) is 0 Å². The molecule has 27 heavy (non-hydrogen) atoms. The van der Waals surface area contributed by atoms with E-state index in [-0.39, 0.29) is 5.91 Å². The Balaban J connectivity index is 1.19. The molecule has 1 aromatic carbocycles. The molecule has 1 aromatic heterocycles. The van der Waals surface area contributed by atoms with Gasteiger partial charge in [0.15, 0.2) is 11.5 Å². The number of piperazine rings is 1. The van der Waals surface area contributed by atoms with Crippen molar-refractivity contribution in [2.45, 2.75) is 32.2 Å². The summed E-state index contributed by atoms with van der Waals surface area (Å²) in [6.07, 6.45) is 4.83. The first-order chi connectivity index (χ1) is 13.3. The quantitative estimate of drug-likeness (QED) is 0.878. The normalized spacial score (nSPS) is 19.2. The smallest absolute Gasteiger partial charge is 0.264 e. The Morgan fingerprint density at radius 1 is 1.07 bits per heavy atom. The summed E-state index contributed by atoms with van der Waals surface area (Å²) in [6.45, 7) is 4.93. The fraction of sp³-hybridized carbons (Fsp3) is 0.476. The summed E-state index contributed by atoms with van der Waals surface area (Å²) in [5.41, 5.74) is 2.68. The first-order valence-corrected chi connectivity index (χ1v) is 10.7. The van der Waals surface area contributed by atoms with Crippen LogP contribution in [0.15, 0.2) is 24.3 Å². The number of ether oxygens (including phenoxy) is 2. The zero-order chi connectivity index (χ0) is 18.2. The number of carbonyl (C=O) groups is 1. The molecule has 6 heteroatoms. The largest absolute Gasteiger partial charge is 0.454 e. The third-order valence-electron chi connectivity index (χ3n) is 5.86. The van der Waals surface area contributed by atoms with Gasteiger partial charge in [-0.3, -0.25) is 4.79 Å². The van der Waals surface area contributed by atoms with E-state index in [1.807, 2.05) is 11.0 Å². The molecule has 5 nitrogen and oxygen atoms in total. The molecular weight excluding hydrogens is 360 g/mol. The maximum atomic E-state index is 12.9. The van der Waals surface area contributed by atoms with Gasteiger partial charge in [-0.1, -0.05) is 0 Å². The summed E-state index contributed by atoms with van der Waals surface area (Å²) in [4.78, 5) is 18.9. The number of quaternary nitrogens is 1. The molecule has 0 bridgehead atoms. The van der Waals surface area contributed by atoms with Gasteiger partial charge in [0, 0.05) is 10.4 Å². The van der Waals surface area contributed by atoms with Gasteiger partial charge < -0.3 is 19.3 Å². The lowest BCUT2D eigenvalue weighted by Gasteiger charge is -2.32. The molecule has 1 aliphatic carbocycles. The Bertz CT molecular complexity index is 832. The topological polar surface area (TPSA) is 43.2 Å². The lowest BCUT2D eigenvalue weighted by Crippen LogP contribution is -3.13. The average molecular weight is 386 g/mol.